The quantitative estimate of drug-likeness (QED) is 0.577. The van der Waals surface area contributed by atoms with Crippen LogP contribution in [0.2, 0.25) is 0 Å². The molecule has 0 amide bonds. The number of benzene rings is 1. The fourth-order valence-corrected chi connectivity index (χ4v) is 2.91. The van der Waals surface area contributed by atoms with Gasteiger partial charge in [-0.15, -0.1) is 0 Å². The van der Waals surface area contributed by atoms with Gasteiger partial charge in [0.1, 0.15) is 12.4 Å². The van der Waals surface area contributed by atoms with E-state index in [0.29, 0.717) is 6.61 Å². The maximum atomic E-state index is 5.57. The van der Waals surface area contributed by atoms with E-state index in [1.807, 2.05) is 0 Å². The Labute approximate surface area is 120 Å². The molecule has 0 atom stereocenters. The van der Waals surface area contributed by atoms with Gasteiger partial charge in [0.2, 0.25) is 0 Å². The molecule has 0 fully saturated rings. The summed E-state index contributed by atoms with van der Waals surface area (Å²) in [7, 11) is 0. The van der Waals surface area contributed by atoms with Crippen molar-refractivity contribution in [3.63, 3.8) is 0 Å². The third-order valence-electron chi connectivity index (χ3n) is 2.16. The Balaban J connectivity index is 2.74. The molecule has 4 heteroatoms. The zero-order chi connectivity index (χ0) is 12.7. The molecule has 0 aromatic heterocycles. The first-order chi connectivity index (χ1) is 8.19. The van der Waals surface area contributed by atoms with Gasteiger partial charge in [0, 0.05) is 6.54 Å². The van der Waals surface area contributed by atoms with Crippen molar-refractivity contribution in [3.05, 3.63) is 39.3 Å². The molecule has 0 radical (unpaired) electrons. The first kappa shape index (κ1) is 14.7. The molecule has 1 aromatic carbocycles. The van der Waals surface area contributed by atoms with E-state index in [1.54, 1.807) is 6.08 Å². The second-order valence-corrected chi connectivity index (χ2v) is 5.37. The van der Waals surface area contributed by atoms with Crippen LogP contribution in [0.3, 0.4) is 0 Å². The van der Waals surface area contributed by atoms with Gasteiger partial charge in [-0.3, -0.25) is 0 Å². The predicted molar refractivity (Wildman–Crippen MR) is 79.5 cm³/mol. The highest BCUT2D eigenvalue weighted by atomic mass is 79.9. The number of hydrogen-bond acceptors (Lipinski definition) is 2. The van der Waals surface area contributed by atoms with Crippen LogP contribution < -0.4 is 10.1 Å². The minimum Gasteiger partial charge on any atom is -0.487 e. The molecule has 1 rings (SSSR count). The van der Waals surface area contributed by atoms with Crippen molar-refractivity contribution in [1.29, 1.82) is 0 Å². The van der Waals surface area contributed by atoms with Crippen molar-refractivity contribution in [1.82, 2.24) is 5.32 Å². The Morgan fingerprint density at radius 2 is 2.00 bits per heavy atom. The number of ether oxygens (including phenoxy) is 1. The van der Waals surface area contributed by atoms with Crippen LogP contribution in [0.25, 0.3) is 0 Å². The van der Waals surface area contributed by atoms with E-state index < -0.39 is 0 Å². The van der Waals surface area contributed by atoms with E-state index >= 15 is 0 Å². The maximum Gasteiger partial charge on any atom is 0.148 e. The largest absolute Gasteiger partial charge is 0.487 e. The molecule has 0 saturated heterocycles. The molecule has 1 aromatic rings. The topological polar surface area (TPSA) is 21.3 Å². The van der Waals surface area contributed by atoms with E-state index in [9.17, 15) is 0 Å². The average Bonchev–Trinajstić information content (AvgIpc) is 2.28. The van der Waals surface area contributed by atoms with Gasteiger partial charge < -0.3 is 10.1 Å². The molecule has 0 bridgehead atoms. The molecule has 0 saturated carbocycles. The van der Waals surface area contributed by atoms with Crippen molar-refractivity contribution in [2.45, 2.75) is 19.9 Å². The monoisotopic (exact) mass is 361 g/mol. The van der Waals surface area contributed by atoms with E-state index in [-0.39, 0.29) is 0 Å². The smallest absolute Gasteiger partial charge is 0.148 e. The summed E-state index contributed by atoms with van der Waals surface area (Å²) in [5.74, 6) is 0.823. The molecule has 0 aliphatic rings. The molecule has 0 aliphatic carbocycles. The number of nitrogens with one attached hydrogen (secondary N) is 1. The summed E-state index contributed by atoms with van der Waals surface area (Å²) >= 11 is 7.04. The van der Waals surface area contributed by atoms with Gasteiger partial charge in [-0.25, -0.2) is 0 Å². The van der Waals surface area contributed by atoms with Crippen LogP contribution in [0.15, 0.2) is 33.7 Å². The minimum absolute atomic E-state index is 0.505. The highest BCUT2D eigenvalue weighted by Gasteiger charge is 2.08. The van der Waals surface area contributed by atoms with Crippen molar-refractivity contribution in [3.8, 4) is 5.75 Å². The third kappa shape index (κ3) is 4.82. The van der Waals surface area contributed by atoms with Crippen LogP contribution in [0.4, 0.5) is 0 Å². The van der Waals surface area contributed by atoms with Crippen molar-refractivity contribution < 1.29 is 4.74 Å². The molecule has 1 N–H and O–H groups in total. The zero-order valence-electron chi connectivity index (χ0n) is 9.93. The number of hydrogen-bond donors (Lipinski definition) is 1. The predicted octanol–water partition coefficient (Wildman–Crippen LogP) is 4.28. The molecule has 2 nitrogen and oxygen atoms in total. The first-order valence-electron chi connectivity index (χ1n) is 5.61. The Morgan fingerprint density at radius 3 is 2.53 bits per heavy atom. The first-order valence-corrected chi connectivity index (χ1v) is 7.20. The summed E-state index contributed by atoms with van der Waals surface area (Å²) in [5, 5.41) is 3.37. The molecule has 0 unspecified atom stereocenters. The molecule has 0 heterocycles. The Hall–Kier alpha value is -0.320. The number of rotatable bonds is 7. The average molecular weight is 363 g/mol. The lowest BCUT2D eigenvalue weighted by Gasteiger charge is -2.11. The minimum atomic E-state index is 0.505. The van der Waals surface area contributed by atoms with Crippen LogP contribution in [0.1, 0.15) is 18.9 Å². The lowest BCUT2D eigenvalue weighted by molar-refractivity contribution is 0.358. The van der Waals surface area contributed by atoms with Gasteiger partial charge in [0.05, 0.1) is 8.95 Å². The SMILES string of the molecule is C=CCOc1c(Br)cc(CNCCC)cc1Br. The molecular formula is C13H17Br2NO. The van der Waals surface area contributed by atoms with E-state index in [2.05, 4.69) is 62.8 Å². The summed E-state index contributed by atoms with van der Waals surface area (Å²) in [6.07, 6.45) is 2.87. The summed E-state index contributed by atoms with van der Waals surface area (Å²) in [6.45, 7) is 8.20. The Morgan fingerprint density at radius 1 is 1.35 bits per heavy atom. The van der Waals surface area contributed by atoms with E-state index in [0.717, 1.165) is 34.2 Å². The lowest BCUT2D eigenvalue weighted by Crippen LogP contribution is -2.13. The standard InChI is InChI=1S/C13H17Br2NO/c1-3-5-16-9-10-7-11(14)13(12(15)8-10)17-6-4-2/h4,7-8,16H,2-3,5-6,9H2,1H3. The summed E-state index contributed by atoms with van der Waals surface area (Å²) in [4.78, 5) is 0. The van der Waals surface area contributed by atoms with Gasteiger partial charge >= 0.3 is 0 Å². The van der Waals surface area contributed by atoms with E-state index in [1.165, 1.54) is 5.56 Å². The second kappa shape index (κ2) is 7.90. The van der Waals surface area contributed by atoms with Crippen LogP contribution in [0, 0.1) is 0 Å². The number of halogens is 2. The third-order valence-corrected chi connectivity index (χ3v) is 3.34. The molecule has 17 heavy (non-hydrogen) atoms. The van der Waals surface area contributed by atoms with Crippen LogP contribution >= 0.6 is 31.9 Å². The van der Waals surface area contributed by atoms with E-state index in [4.69, 9.17) is 4.74 Å². The Kier molecular flexibility index (Phi) is 6.85. The van der Waals surface area contributed by atoms with Gasteiger partial charge in [0.25, 0.3) is 0 Å². The maximum absolute atomic E-state index is 5.57. The van der Waals surface area contributed by atoms with Gasteiger partial charge in [0.15, 0.2) is 0 Å². The van der Waals surface area contributed by atoms with Crippen LogP contribution in [-0.4, -0.2) is 13.2 Å². The van der Waals surface area contributed by atoms with Gasteiger partial charge in [-0.05, 0) is 62.5 Å². The van der Waals surface area contributed by atoms with Crippen LogP contribution in [-0.2, 0) is 6.54 Å². The normalized spacial score (nSPS) is 10.3. The fourth-order valence-electron chi connectivity index (χ4n) is 1.40. The van der Waals surface area contributed by atoms with Crippen LogP contribution in [0.5, 0.6) is 5.75 Å². The van der Waals surface area contributed by atoms with Crippen molar-refractivity contribution >= 4 is 31.9 Å². The van der Waals surface area contributed by atoms with Crippen molar-refractivity contribution in [2.75, 3.05) is 13.2 Å². The van der Waals surface area contributed by atoms with Gasteiger partial charge in [-0.1, -0.05) is 19.6 Å². The highest BCUT2D eigenvalue weighted by molar-refractivity contribution is 9.11. The molecule has 0 spiro atoms. The summed E-state index contributed by atoms with van der Waals surface area (Å²) in [6, 6.07) is 4.15. The molecule has 0 aliphatic heterocycles. The summed E-state index contributed by atoms with van der Waals surface area (Å²) in [5.41, 5.74) is 1.23. The van der Waals surface area contributed by atoms with Crippen molar-refractivity contribution in [2.24, 2.45) is 0 Å². The summed E-state index contributed by atoms with van der Waals surface area (Å²) < 4.78 is 7.49. The van der Waals surface area contributed by atoms with Gasteiger partial charge in [-0.2, -0.15) is 0 Å². The zero-order valence-corrected chi connectivity index (χ0v) is 13.1. The molecular weight excluding hydrogens is 346 g/mol. The fraction of sp³-hybridized carbons (Fsp3) is 0.385. The Bertz CT molecular complexity index is 357. The highest BCUT2D eigenvalue weighted by Crippen LogP contribution is 2.34. The molecule has 94 valence electrons. The second-order valence-electron chi connectivity index (χ2n) is 3.67. The lowest BCUT2D eigenvalue weighted by atomic mass is 10.2.